The van der Waals surface area contributed by atoms with E-state index in [4.69, 9.17) is 28.9 Å². The van der Waals surface area contributed by atoms with Gasteiger partial charge in [-0.3, -0.25) is 0 Å². The molecule has 0 aliphatic carbocycles. The first kappa shape index (κ1) is 13.5. The normalized spacial score (nSPS) is 10.7. The van der Waals surface area contributed by atoms with E-state index >= 15 is 0 Å². The number of nitrogens with two attached hydrogens (primary N) is 1. The molecule has 0 saturated carbocycles. The lowest BCUT2D eigenvalue weighted by Crippen LogP contribution is -1.92. The minimum Gasteiger partial charge on any atom is -0.398 e. The van der Waals surface area contributed by atoms with Crippen molar-refractivity contribution in [3.05, 3.63) is 51.8 Å². The van der Waals surface area contributed by atoms with Gasteiger partial charge >= 0.3 is 0 Å². The van der Waals surface area contributed by atoms with Gasteiger partial charge in [-0.05, 0) is 42.8 Å². The Bertz CT molecular complexity index is 602. The molecule has 94 valence electrons. The number of anilines is 1. The van der Waals surface area contributed by atoms with Gasteiger partial charge in [0, 0.05) is 15.5 Å². The summed E-state index contributed by atoms with van der Waals surface area (Å²) in [6.07, 6.45) is 0. The van der Waals surface area contributed by atoms with E-state index in [2.05, 4.69) is 0 Å². The molecule has 0 bridgehead atoms. The molecule has 2 N–H and O–H groups in total. The van der Waals surface area contributed by atoms with Crippen LogP contribution in [0.3, 0.4) is 0 Å². The van der Waals surface area contributed by atoms with Crippen LogP contribution in [0.15, 0.2) is 40.1 Å². The maximum absolute atomic E-state index is 13.3. The van der Waals surface area contributed by atoms with Gasteiger partial charge in [-0.1, -0.05) is 35.0 Å². The van der Waals surface area contributed by atoms with E-state index in [-0.39, 0.29) is 5.82 Å². The summed E-state index contributed by atoms with van der Waals surface area (Å²) in [6, 6.07) is 8.37. The van der Waals surface area contributed by atoms with E-state index in [9.17, 15) is 4.39 Å². The van der Waals surface area contributed by atoms with Crippen LogP contribution >= 0.6 is 35.0 Å². The highest BCUT2D eigenvalue weighted by Crippen LogP contribution is 2.36. The number of nitrogen functional groups attached to an aromatic ring is 1. The van der Waals surface area contributed by atoms with Gasteiger partial charge in [0.1, 0.15) is 5.82 Å². The minimum atomic E-state index is -0.300. The van der Waals surface area contributed by atoms with E-state index in [0.29, 0.717) is 21.3 Å². The van der Waals surface area contributed by atoms with Crippen molar-refractivity contribution in [1.29, 1.82) is 0 Å². The number of benzene rings is 2. The van der Waals surface area contributed by atoms with Crippen molar-refractivity contribution in [2.45, 2.75) is 16.7 Å². The van der Waals surface area contributed by atoms with Crippen molar-refractivity contribution < 1.29 is 4.39 Å². The van der Waals surface area contributed by atoms with Crippen LogP contribution in [0.25, 0.3) is 0 Å². The average molecular weight is 302 g/mol. The predicted octanol–water partition coefficient (Wildman–Crippen LogP) is 5.17. The third-order valence-corrected chi connectivity index (χ3v) is 4.21. The Morgan fingerprint density at radius 3 is 2.50 bits per heavy atom. The third kappa shape index (κ3) is 2.91. The van der Waals surface area contributed by atoms with Crippen molar-refractivity contribution >= 4 is 40.7 Å². The van der Waals surface area contributed by atoms with Crippen LogP contribution < -0.4 is 5.73 Å². The number of halogens is 3. The van der Waals surface area contributed by atoms with Crippen LogP contribution in [0.4, 0.5) is 10.1 Å². The van der Waals surface area contributed by atoms with Gasteiger partial charge in [0.25, 0.3) is 0 Å². The number of hydrogen-bond donors (Lipinski definition) is 1. The van der Waals surface area contributed by atoms with E-state index in [0.717, 1.165) is 9.79 Å². The molecule has 0 atom stereocenters. The number of aryl methyl sites for hydroxylation is 1. The fourth-order valence-electron chi connectivity index (χ4n) is 1.43. The lowest BCUT2D eigenvalue weighted by atomic mass is 10.2. The summed E-state index contributed by atoms with van der Waals surface area (Å²) in [7, 11) is 0. The maximum Gasteiger partial charge on any atom is 0.128 e. The largest absolute Gasteiger partial charge is 0.398 e. The zero-order valence-corrected chi connectivity index (χ0v) is 11.8. The van der Waals surface area contributed by atoms with Gasteiger partial charge in [0.05, 0.1) is 10.0 Å². The molecule has 5 heteroatoms. The molecule has 18 heavy (non-hydrogen) atoms. The van der Waals surface area contributed by atoms with Gasteiger partial charge < -0.3 is 5.73 Å². The zero-order chi connectivity index (χ0) is 13.3. The Hall–Kier alpha value is -0.900. The Labute approximate surface area is 119 Å². The topological polar surface area (TPSA) is 26.0 Å². The molecular formula is C13H10Cl2FNS. The van der Waals surface area contributed by atoms with Crippen molar-refractivity contribution in [3.63, 3.8) is 0 Å². The van der Waals surface area contributed by atoms with Gasteiger partial charge in [0.2, 0.25) is 0 Å². The minimum absolute atomic E-state index is 0.300. The average Bonchev–Trinajstić information content (AvgIpc) is 2.31. The summed E-state index contributed by atoms with van der Waals surface area (Å²) >= 11 is 13.2. The van der Waals surface area contributed by atoms with Crippen molar-refractivity contribution in [3.8, 4) is 0 Å². The molecule has 2 rings (SSSR count). The summed E-state index contributed by atoms with van der Waals surface area (Å²) in [5, 5.41) is 0.989. The molecule has 2 aromatic carbocycles. The summed E-state index contributed by atoms with van der Waals surface area (Å²) in [4.78, 5) is 1.70. The molecular weight excluding hydrogens is 292 g/mol. The molecule has 0 spiro atoms. The summed E-state index contributed by atoms with van der Waals surface area (Å²) in [5.41, 5.74) is 6.76. The molecule has 0 unspecified atom stereocenters. The fourth-order valence-corrected chi connectivity index (χ4v) is 2.77. The molecule has 0 amide bonds. The first-order valence-electron chi connectivity index (χ1n) is 5.16. The molecule has 0 aliphatic heterocycles. The third-order valence-electron chi connectivity index (χ3n) is 2.41. The van der Waals surface area contributed by atoms with Crippen LogP contribution in [-0.2, 0) is 0 Å². The van der Waals surface area contributed by atoms with Gasteiger partial charge in [0.15, 0.2) is 0 Å². The zero-order valence-electron chi connectivity index (χ0n) is 9.51. The monoisotopic (exact) mass is 301 g/mol. The summed E-state index contributed by atoms with van der Waals surface area (Å²) in [6.45, 7) is 1.70. The number of rotatable bonds is 2. The van der Waals surface area contributed by atoms with Crippen LogP contribution in [0.5, 0.6) is 0 Å². The first-order chi connectivity index (χ1) is 8.47. The molecule has 0 aromatic heterocycles. The predicted molar refractivity (Wildman–Crippen MR) is 76.1 cm³/mol. The second-order valence-electron chi connectivity index (χ2n) is 3.82. The van der Waals surface area contributed by atoms with Gasteiger partial charge in [-0.25, -0.2) is 4.39 Å². The van der Waals surface area contributed by atoms with E-state index in [1.807, 2.05) is 6.07 Å². The van der Waals surface area contributed by atoms with E-state index in [1.165, 1.54) is 17.8 Å². The van der Waals surface area contributed by atoms with Gasteiger partial charge in [-0.2, -0.15) is 0 Å². The Morgan fingerprint density at radius 1 is 1.11 bits per heavy atom. The highest BCUT2D eigenvalue weighted by molar-refractivity contribution is 7.99. The molecule has 1 nitrogen and oxygen atoms in total. The Morgan fingerprint density at radius 2 is 1.83 bits per heavy atom. The van der Waals surface area contributed by atoms with Crippen LogP contribution in [0.2, 0.25) is 10.0 Å². The van der Waals surface area contributed by atoms with Crippen molar-refractivity contribution in [2.75, 3.05) is 5.73 Å². The molecule has 0 heterocycles. The quantitative estimate of drug-likeness (QED) is 0.774. The number of hydrogen-bond acceptors (Lipinski definition) is 2. The van der Waals surface area contributed by atoms with Crippen LogP contribution in [0, 0.1) is 12.7 Å². The van der Waals surface area contributed by atoms with Crippen molar-refractivity contribution in [2.24, 2.45) is 0 Å². The van der Waals surface area contributed by atoms with Gasteiger partial charge in [-0.15, -0.1) is 0 Å². The fraction of sp³-hybridized carbons (Fsp3) is 0.0769. The summed E-state index contributed by atoms with van der Waals surface area (Å²) < 4.78 is 13.3. The van der Waals surface area contributed by atoms with E-state index in [1.54, 1.807) is 25.1 Å². The molecule has 0 fully saturated rings. The SMILES string of the molecule is Cc1cc(Sc2ccc(Cl)c(Cl)c2)c(N)cc1F. The lowest BCUT2D eigenvalue weighted by Gasteiger charge is -2.08. The lowest BCUT2D eigenvalue weighted by molar-refractivity contribution is 0.618. The Kier molecular flexibility index (Phi) is 4.05. The van der Waals surface area contributed by atoms with Crippen LogP contribution in [-0.4, -0.2) is 0 Å². The molecule has 2 aromatic rings. The van der Waals surface area contributed by atoms with E-state index < -0.39 is 0 Å². The second-order valence-corrected chi connectivity index (χ2v) is 5.75. The highest BCUT2D eigenvalue weighted by Gasteiger charge is 2.08. The maximum atomic E-state index is 13.3. The molecule has 0 saturated heterocycles. The highest BCUT2D eigenvalue weighted by atomic mass is 35.5. The Balaban J connectivity index is 2.34. The molecule has 0 radical (unpaired) electrons. The first-order valence-corrected chi connectivity index (χ1v) is 6.73. The summed E-state index contributed by atoms with van der Waals surface area (Å²) in [5.74, 6) is -0.300. The molecule has 0 aliphatic rings. The van der Waals surface area contributed by atoms with Crippen LogP contribution in [0.1, 0.15) is 5.56 Å². The smallest absolute Gasteiger partial charge is 0.128 e. The standard InChI is InChI=1S/C13H10Cl2FNS/c1-7-4-13(12(17)6-11(7)16)18-8-2-3-9(14)10(15)5-8/h2-6H,17H2,1H3. The second kappa shape index (κ2) is 5.39. The van der Waals surface area contributed by atoms with Crippen molar-refractivity contribution in [1.82, 2.24) is 0 Å².